The van der Waals surface area contributed by atoms with E-state index in [9.17, 15) is 14.0 Å². The molecule has 6 nitrogen and oxygen atoms in total. The highest BCUT2D eigenvalue weighted by atomic mass is 32.2. The zero-order chi connectivity index (χ0) is 23.9. The Morgan fingerprint density at radius 2 is 1.65 bits per heavy atom. The van der Waals surface area contributed by atoms with Gasteiger partial charge in [-0.05, 0) is 54.1 Å². The number of benzene rings is 3. The maximum absolute atomic E-state index is 13.5. The van der Waals surface area contributed by atoms with Crippen molar-refractivity contribution in [1.29, 1.82) is 0 Å². The van der Waals surface area contributed by atoms with Gasteiger partial charge in [0, 0.05) is 29.8 Å². The Balaban J connectivity index is 1.52. The number of carbonyl (C=O) groups is 2. The molecular weight excluding hydrogens is 451 g/mol. The lowest BCUT2D eigenvalue weighted by molar-refractivity contribution is -0.115. The number of amides is 1. The van der Waals surface area contributed by atoms with Gasteiger partial charge in [-0.25, -0.2) is 4.39 Å². The largest absolute Gasteiger partial charge is 0.326 e. The third-order valence-electron chi connectivity index (χ3n) is 5.13. The molecule has 3 aromatic carbocycles. The number of halogens is 1. The van der Waals surface area contributed by atoms with Crippen molar-refractivity contribution >= 4 is 29.1 Å². The maximum atomic E-state index is 13.5. The first kappa shape index (κ1) is 23.4. The summed E-state index contributed by atoms with van der Waals surface area (Å²) in [5, 5.41) is 12.0. The first-order valence-electron chi connectivity index (χ1n) is 10.8. The molecule has 1 heterocycles. The second-order valence-electron chi connectivity index (χ2n) is 7.56. The Morgan fingerprint density at radius 1 is 0.941 bits per heavy atom. The Morgan fingerprint density at radius 3 is 2.32 bits per heavy atom. The number of carbonyl (C=O) groups excluding carboxylic acids is 2. The summed E-state index contributed by atoms with van der Waals surface area (Å²) in [4.78, 5) is 24.3. The normalized spacial score (nSPS) is 10.8. The van der Waals surface area contributed by atoms with Gasteiger partial charge in [-0.15, -0.1) is 10.2 Å². The predicted octanol–water partition coefficient (Wildman–Crippen LogP) is 5.32. The molecule has 0 fully saturated rings. The molecule has 0 saturated heterocycles. The van der Waals surface area contributed by atoms with Crippen LogP contribution >= 0.6 is 11.8 Å². The van der Waals surface area contributed by atoms with Crippen molar-refractivity contribution < 1.29 is 14.0 Å². The fraction of sp³-hybridized carbons (Fsp3) is 0.154. The number of Topliss-reactive ketones (excluding diaryl/α,β-unsaturated/α-hetero) is 1. The lowest BCUT2D eigenvalue weighted by Gasteiger charge is -2.10. The number of aromatic nitrogens is 3. The summed E-state index contributed by atoms with van der Waals surface area (Å²) in [7, 11) is 0. The van der Waals surface area contributed by atoms with Crippen LogP contribution in [0.3, 0.4) is 0 Å². The second kappa shape index (κ2) is 10.9. The van der Waals surface area contributed by atoms with E-state index in [1.54, 1.807) is 43.3 Å². The molecule has 1 N–H and O–H groups in total. The molecule has 0 aliphatic rings. The number of anilines is 1. The zero-order valence-electron chi connectivity index (χ0n) is 18.6. The summed E-state index contributed by atoms with van der Waals surface area (Å²) >= 11 is 1.28. The summed E-state index contributed by atoms with van der Waals surface area (Å²) in [6.07, 6.45) is 0.934. The number of nitrogens with zero attached hydrogens (tertiary/aromatic N) is 3. The van der Waals surface area contributed by atoms with Crippen molar-refractivity contribution in [3.8, 4) is 5.69 Å². The van der Waals surface area contributed by atoms with Gasteiger partial charge >= 0.3 is 0 Å². The van der Waals surface area contributed by atoms with Crippen LogP contribution in [0.5, 0.6) is 0 Å². The highest BCUT2D eigenvalue weighted by Crippen LogP contribution is 2.25. The number of thioether (sulfide) groups is 1. The summed E-state index contributed by atoms with van der Waals surface area (Å²) in [6, 6.07) is 22.8. The van der Waals surface area contributed by atoms with Gasteiger partial charge in [-0.1, -0.05) is 49.0 Å². The topological polar surface area (TPSA) is 76.9 Å². The average molecular weight is 475 g/mol. The van der Waals surface area contributed by atoms with Gasteiger partial charge in [-0.3, -0.25) is 14.2 Å². The van der Waals surface area contributed by atoms with Crippen molar-refractivity contribution in [2.24, 2.45) is 0 Å². The van der Waals surface area contributed by atoms with E-state index in [-0.39, 0.29) is 23.3 Å². The van der Waals surface area contributed by atoms with Crippen LogP contribution in [-0.2, 0) is 11.2 Å². The molecule has 0 spiro atoms. The van der Waals surface area contributed by atoms with E-state index in [2.05, 4.69) is 15.5 Å². The molecule has 1 amide bonds. The minimum absolute atomic E-state index is 0.0726. The van der Waals surface area contributed by atoms with E-state index < -0.39 is 0 Å². The fourth-order valence-electron chi connectivity index (χ4n) is 3.34. The standard InChI is InChI=1S/C26H23FN4O2S/c1-2-25(33)28-21-12-8-19(9-13-21)23(32)17-34-26-30-29-24(16-18-6-4-3-5-7-18)31(26)22-14-10-20(27)11-15-22/h3-15H,2,16-17H2,1H3,(H,28,33). The molecule has 0 unspecified atom stereocenters. The molecule has 0 aliphatic carbocycles. The summed E-state index contributed by atoms with van der Waals surface area (Å²) < 4.78 is 15.4. The molecule has 1 aromatic heterocycles. The minimum atomic E-state index is -0.329. The van der Waals surface area contributed by atoms with E-state index in [1.807, 2.05) is 34.9 Å². The van der Waals surface area contributed by atoms with E-state index in [0.29, 0.717) is 35.1 Å². The molecule has 0 saturated carbocycles. The highest BCUT2D eigenvalue weighted by Gasteiger charge is 2.17. The molecule has 0 bridgehead atoms. The Hall–Kier alpha value is -3.78. The first-order valence-corrected chi connectivity index (χ1v) is 11.8. The predicted molar refractivity (Wildman–Crippen MR) is 131 cm³/mol. The van der Waals surface area contributed by atoms with Crippen molar-refractivity contribution in [2.45, 2.75) is 24.9 Å². The smallest absolute Gasteiger partial charge is 0.224 e. The molecule has 0 radical (unpaired) electrons. The van der Waals surface area contributed by atoms with Gasteiger partial charge in [0.1, 0.15) is 11.6 Å². The molecule has 4 aromatic rings. The average Bonchev–Trinajstić information content (AvgIpc) is 3.26. The van der Waals surface area contributed by atoms with Crippen LogP contribution in [0.2, 0.25) is 0 Å². The molecule has 0 aliphatic heterocycles. The quantitative estimate of drug-likeness (QED) is 0.262. The maximum Gasteiger partial charge on any atom is 0.224 e. The lowest BCUT2D eigenvalue weighted by atomic mass is 10.1. The Kier molecular flexibility index (Phi) is 7.49. The zero-order valence-corrected chi connectivity index (χ0v) is 19.4. The Labute approximate surface area is 201 Å². The SMILES string of the molecule is CCC(=O)Nc1ccc(C(=O)CSc2nnc(Cc3ccccc3)n2-c2ccc(F)cc2)cc1. The van der Waals surface area contributed by atoms with Crippen LogP contribution < -0.4 is 5.32 Å². The highest BCUT2D eigenvalue weighted by molar-refractivity contribution is 7.99. The van der Waals surface area contributed by atoms with Gasteiger partial charge in [0.05, 0.1) is 5.75 Å². The Bertz CT molecular complexity index is 1270. The van der Waals surface area contributed by atoms with Crippen molar-refractivity contribution in [3.05, 3.63) is 102 Å². The van der Waals surface area contributed by atoms with Gasteiger partial charge in [-0.2, -0.15) is 0 Å². The van der Waals surface area contributed by atoms with Crippen LogP contribution in [-0.4, -0.2) is 32.2 Å². The van der Waals surface area contributed by atoms with Crippen molar-refractivity contribution in [3.63, 3.8) is 0 Å². The fourth-order valence-corrected chi connectivity index (χ4v) is 4.20. The molecule has 4 rings (SSSR count). The van der Waals surface area contributed by atoms with Crippen LogP contribution in [0.1, 0.15) is 35.1 Å². The van der Waals surface area contributed by atoms with E-state index in [1.165, 1.54) is 23.9 Å². The van der Waals surface area contributed by atoms with Crippen molar-refractivity contribution in [2.75, 3.05) is 11.1 Å². The molecule has 34 heavy (non-hydrogen) atoms. The summed E-state index contributed by atoms with van der Waals surface area (Å²) in [6.45, 7) is 1.78. The van der Waals surface area contributed by atoms with E-state index in [0.717, 1.165) is 11.3 Å². The van der Waals surface area contributed by atoms with Gasteiger partial charge in [0.2, 0.25) is 5.91 Å². The summed E-state index contributed by atoms with van der Waals surface area (Å²) in [5.41, 5.74) is 2.99. The molecule has 8 heteroatoms. The number of hydrogen-bond acceptors (Lipinski definition) is 5. The number of hydrogen-bond donors (Lipinski definition) is 1. The first-order chi connectivity index (χ1) is 16.5. The minimum Gasteiger partial charge on any atom is -0.326 e. The summed E-state index contributed by atoms with van der Waals surface area (Å²) in [5.74, 6) is 0.372. The number of nitrogens with one attached hydrogen (secondary N) is 1. The second-order valence-corrected chi connectivity index (χ2v) is 8.51. The van der Waals surface area contributed by atoms with Crippen molar-refractivity contribution in [1.82, 2.24) is 14.8 Å². The molecule has 0 atom stereocenters. The third kappa shape index (κ3) is 5.77. The van der Waals surface area contributed by atoms with E-state index in [4.69, 9.17) is 0 Å². The van der Waals surface area contributed by atoms with Gasteiger partial charge in [0.15, 0.2) is 10.9 Å². The number of rotatable bonds is 9. The third-order valence-corrected chi connectivity index (χ3v) is 6.06. The van der Waals surface area contributed by atoms with E-state index >= 15 is 0 Å². The van der Waals surface area contributed by atoms with Gasteiger partial charge < -0.3 is 5.32 Å². The van der Waals surface area contributed by atoms with Crippen LogP contribution in [0.25, 0.3) is 5.69 Å². The van der Waals surface area contributed by atoms with Crippen LogP contribution in [0.15, 0.2) is 84.0 Å². The van der Waals surface area contributed by atoms with Crippen LogP contribution in [0.4, 0.5) is 10.1 Å². The molecular formula is C26H23FN4O2S. The van der Waals surface area contributed by atoms with Crippen LogP contribution in [0, 0.1) is 5.82 Å². The molecule has 172 valence electrons. The monoisotopic (exact) mass is 474 g/mol. The number of ketones is 1. The van der Waals surface area contributed by atoms with Gasteiger partial charge in [0.25, 0.3) is 0 Å². The lowest BCUT2D eigenvalue weighted by Crippen LogP contribution is -2.10.